The molecule has 1 aliphatic heterocycles. The van der Waals surface area contributed by atoms with Crippen LogP contribution in [0.15, 0.2) is 58.5 Å². The third kappa shape index (κ3) is 4.23. The van der Waals surface area contributed by atoms with Gasteiger partial charge in [-0.05, 0) is 80.7 Å². The average molecular weight is 395 g/mol. The summed E-state index contributed by atoms with van der Waals surface area (Å²) in [5, 5.41) is 1.38. The van der Waals surface area contributed by atoms with Crippen molar-refractivity contribution in [1.29, 1.82) is 0 Å². The minimum Gasteiger partial charge on any atom is -0.496 e. The zero-order valence-corrected chi connectivity index (χ0v) is 17.7. The van der Waals surface area contributed by atoms with Crippen LogP contribution in [-0.4, -0.2) is 36.6 Å². The van der Waals surface area contributed by atoms with Crippen LogP contribution in [0.3, 0.4) is 0 Å². The van der Waals surface area contributed by atoms with E-state index in [1.165, 1.54) is 66.7 Å². The zero-order valence-electron chi connectivity index (χ0n) is 16.9. The lowest BCUT2D eigenvalue weighted by molar-refractivity contribution is 0.210. The van der Waals surface area contributed by atoms with Crippen molar-refractivity contribution in [3.05, 3.63) is 54.2 Å². The Hall–Kier alpha value is -1.91. The Kier molecular flexibility index (Phi) is 6.28. The molecule has 3 aromatic rings. The molecule has 4 rings (SSSR count). The van der Waals surface area contributed by atoms with E-state index in [1.54, 1.807) is 18.9 Å². The van der Waals surface area contributed by atoms with E-state index >= 15 is 0 Å². The number of aromatic nitrogens is 1. The lowest BCUT2D eigenvalue weighted by Crippen LogP contribution is -2.33. The van der Waals surface area contributed by atoms with Crippen LogP contribution in [0.25, 0.3) is 10.9 Å². The maximum atomic E-state index is 5.52. The van der Waals surface area contributed by atoms with Gasteiger partial charge in [-0.2, -0.15) is 0 Å². The van der Waals surface area contributed by atoms with Crippen LogP contribution in [0.5, 0.6) is 5.75 Å². The summed E-state index contributed by atoms with van der Waals surface area (Å²) in [6.45, 7) is 6.00. The zero-order chi connectivity index (χ0) is 19.3. The summed E-state index contributed by atoms with van der Waals surface area (Å²) < 4.78 is 5.52. The second-order valence-electron chi connectivity index (χ2n) is 7.67. The van der Waals surface area contributed by atoms with Crippen LogP contribution in [0.4, 0.5) is 0 Å². The fourth-order valence-corrected chi connectivity index (χ4v) is 5.17. The minimum absolute atomic E-state index is 0.665. The summed E-state index contributed by atoms with van der Waals surface area (Å²) in [5.74, 6) is 1.60. The first-order valence-electron chi connectivity index (χ1n) is 10.4. The van der Waals surface area contributed by atoms with Crippen LogP contribution < -0.4 is 4.74 Å². The average Bonchev–Trinajstić information content (AvgIpc) is 3.16. The lowest BCUT2D eigenvalue weighted by Gasteiger charge is -2.31. The van der Waals surface area contributed by atoms with Gasteiger partial charge >= 0.3 is 0 Å². The van der Waals surface area contributed by atoms with Crippen LogP contribution in [0.1, 0.15) is 44.1 Å². The number of fused-ring (bicyclic) bond motifs is 1. The number of piperidine rings is 1. The highest BCUT2D eigenvalue weighted by molar-refractivity contribution is 7.99. The number of hydrogen-bond donors (Lipinski definition) is 1. The Bertz CT molecular complexity index is 912. The van der Waals surface area contributed by atoms with E-state index in [0.717, 1.165) is 10.6 Å². The number of rotatable bonds is 7. The van der Waals surface area contributed by atoms with Crippen molar-refractivity contribution in [2.24, 2.45) is 0 Å². The smallest absolute Gasteiger partial charge is 0.132 e. The molecule has 1 saturated heterocycles. The highest BCUT2D eigenvalue weighted by Crippen LogP contribution is 2.38. The topological polar surface area (TPSA) is 28.3 Å². The van der Waals surface area contributed by atoms with E-state index in [4.69, 9.17) is 4.74 Å². The Morgan fingerprint density at radius 1 is 1.14 bits per heavy atom. The first-order valence-corrected chi connectivity index (χ1v) is 11.2. The molecule has 0 spiro atoms. The monoisotopic (exact) mass is 394 g/mol. The second kappa shape index (κ2) is 9.06. The molecule has 28 heavy (non-hydrogen) atoms. The number of H-pyrrole nitrogens is 1. The van der Waals surface area contributed by atoms with Gasteiger partial charge in [0.25, 0.3) is 0 Å². The van der Waals surface area contributed by atoms with Crippen molar-refractivity contribution >= 4 is 22.7 Å². The molecular formula is C24H30N2OS. The van der Waals surface area contributed by atoms with Gasteiger partial charge in [0.15, 0.2) is 0 Å². The van der Waals surface area contributed by atoms with Gasteiger partial charge in [-0.25, -0.2) is 0 Å². The predicted octanol–water partition coefficient (Wildman–Crippen LogP) is 6.31. The molecule has 1 aromatic heterocycles. The molecule has 4 heteroatoms. The number of methoxy groups -OCH3 is 1. The fraction of sp³-hybridized carbons (Fsp3) is 0.417. The van der Waals surface area contributed by atoms with Gasteiger partial charge in [-0.15, -0.1) is 0 Å². The summed E-state index contributed by atoms with van der Waals surface area (Å²) >= 11 is 1.77. The molecule has 0 bridgehead atoms. The number of hydrogen-bond acceptors (Lipinski definition) is 3. The van der Waals surface area contributed by atoms with Crippen LogP contribution in [0, 0.1) is 0 Å². The first kappa shape index (κ1) is 19.4. The number of likely N-dealkylation sites (tertiary alicyclic amines) is 1. The molecular weight excluding hydrogens is 364 g/mol. The number of nitrogens with one attached hydrogen (secondary N) is 1. The highest BCUT2D eigenvalue weighted by atomic mass is 32.2. The molecule has 1 aliphatic rings. The molecule has 0 unspecified atom stereocenters. The summed E-state index contributed by atoms with van der Waals surface area (Å²) in [5.41, 5.74) is 2.74. The first-order chi connectivity index (χ1) is 13.8. The largest absolute Gasteiger partial charge is 0.496 e. The van der Waals surface area contributed by atoms with E-state index < -0.39 is 0 Å². The van der Waals surface area contributed by atoms with Crippen molar-refractivity contribution < 1.29 is 4.74 Å². The number of unbranched alkanes of at least 4 members (excludes halogenated alkanes) is 1. The summed E-state index contributed by atoms with van der Waals surface area (Å²) in [6, 6.07) is 15.0. The Labute approximate surface area is 172 Å². The maximum absolute atomic E-state index is 5.52. The quantitative estimate of drug-likeness (QED) is 0.509. The van der Waals surface area contributed by atoms with E-state index in [2.05, 4.69) is 53.3 Å². The van der Waals surface area contributed by atoms with Gasteiger partial charge in [0.05, 0.1) is 12.0 Å². The SMILES string of the molecule is CCCCN1CCC(c2c[nH]c3ccc(Sc4ccccc4OC)cc23)CC1. The molecule has 2 heterocycles. The molecule has 148 valence electrons. The molecule has 0 saturated carbocycles. The van der Waals surface area contributed by atoms with Gasteiger partial charge in [0.1, 0.15) is 5.75 Å². The van der Waals surface area contributed by atoms with Gasteiger partial charge in [0, 0.05) is 22.0 Å². The van der Waals surface area contributed by atoms with Crippen LogP contribution >= 0.6 is 11.8 Å². The molecule has 0 atom stereocenters. The van der Waals surface area contributed by atoms with E-state index in [9.17, 15) is 0 Å². The lowest BCUT2D eigenvalue weighted by atomic mass is 9.89. The molecule has 3 nitrogen and oxygen atoms in total. The Balaban J connectivity index is 1.52. The van der Waals surface area contributed by atoms with Crippen LogP contribution in [-0.2, 0) is 0 Å². The van der Waals surface area contributed by atoms with E-state index in [-0.39, 0.29) is 0 Å². The van der Waals surface area contributed by atoms with Crippen LogP contribution in [0.2, 0.25) is 0 Å². The molecule has 0 radical (unpaired) electrons. The second-order valence-corrected chi connectivity index (χ2v) is 8.79. The Morgan fingerprint density at radius 3 is 2.75 bits per heavy atom. The molecule has 0 amide bonds. The molecule has 0 aliphatic carbocycles. The van der Waals surface area contributed by atoms with Crippen molar-refractivity contribution in [3.8, 4) is 5.75 Å². The molecule has 1 fully saturated rings. The number of benzene rings is 2. The normalized spacial score (nSPS) is 15.9. The van der Waals surface area contributed by atoms with Crippen molar-refractivity contribution in [1.82, 2.24) is 9.88 Å². The number of para-hydroxylation sites is 1. The van der Waals surface area contributed by atoms with Crippen molar-refractivity contribution in [2.45, 2.75) is 48.3 Å². The van der Waals surface area contributed by atoms with Gasteiger partial charge < -0.3 is 14.6 Å². The molecule has 2 aromatic carbocycles. The third-order valence-electron chi connectivity index (χ3n) is 5.84. The maximum Gasteiger partial charge on any atom is 0.132 e. The fourth-order valence-electron chi connectivity index (χ4n) is 4.20. The van der Waals surface area contributed by atoms with Crippen molar-refractivity contribution in [3.63, 3.8) is 0 Å². The summed E-state index contributed by atoms with van der Waals surface area (Å²) in [4.78, 5) is 8.55. The van der Waals surface area contributed by atoms with Gasteiger partial charge in [0.2, 0.25) is 0 Å². The van der Waals surface area contributed by atoms with Gasteiger partial charge in [-0.1, -0.05) is 37.2 Å². The van der Waals surface area contributed by atoms with Gasteiger partial charge in [-0.3, -0.25) is 0 Å². The Morgan fingerprint density at radius 2 is 1.96 bits per heavy atom. The minimum atomic E-state index is 0.665. The number of ether oxygens (including phenoxy) is 1. The van der Waals surface area contributed by atoms with E-state index in [1.807, 2.05) is 12.1 Å². The summed E-state index contributed by atoms with van der Waals surface area (Å²) in [7, 11) is 1.74. The van der Waals surface area contributed by atoms with Crippen molar-refractivity contribution in [2.75, 3.05) is 26.7 Å². The third-order valence-corrected chi connectivity index (χ3v) is 6.88. The number of aromatic amines is 1. The van der Waals surface area contributed by atoms with E-state index in [0.29, 0.717) is 5.92 Å². The highest BCUT2D eigenvalue weighted by Gasteiger charge is 2.22. The predicted molar refractivity (Wildman–Crippen MR) is 119 cm³/mol. The number of nitrogens with zero attached hydrogens (tertiary/aromatic N) is 1. The molecule has 1 N–H and O–H groups in total. The summed E-state index contributed by atoms with van der Waals surface area (Å²) in [6.07, 6.45) is 7.38. The standard InChI is InChI=1S/C24H30N2OS/c1-3-4-13-26-14-11-18(12-15-26)21-17-25-22-10-9-19(16-20(21)22)28-24-8-6-5-7-23(24)27-2/h5-10,16-18,25H,3-4,11-15H2,1-2H3.